The zero-order valence-electron chi connectivity index (χ0n) is 12.1. The number of nitrogens with two attached hydrogens (primary N) is 2. The van der Waals surface area contributed by atoms with Gasteiger partial charge in [0.2, 0.25) is 6.10 Å². The van der Waals surface area contributed by atoms with E-state index in [4.69, 9.17) is 16.2 Å². The summed E-state index contributed by atoms with van der Waals surface area (Å²) in [5, 5.41) is 0. The average Bonchev–Trinajstić information content (AvgIpc) is 2.82. The largest absolute Gasteiger partial charge is 0.470 e. The highest BCUT2D eigenvalue weighted by Crippen LogP contribution is 2.23. The Bertz CT molecular complexity index is 413. The van der Waals surface area contributed by atoms with E-state index < -0.39 is 17.9 Å². The fourth-order valence-electron chi connectivity index (χ4n) is 2.17. The lowest BCUT2D eigenvalue weighted by atomic mass is 10.1. The van der Waals surface area contributed by atoms with Gasteiger partial charge in [-0.3, -0.25) is 9.59 Å². The molecular formula is C15H24N2O3. The highest BCUT2D eigenvalue weighted by Gasteiger charge is 2.30. The van der Waals surface area contributed by atoms with Gasteiger partial charge in [-0.1, -0.05) is 45.1 Å². The summed E-state index contributed by atoms with van der Waals surface area (Å²) in [6.45, 7) is 2.19. The molecule has 0 spiro atoms. The predicted molar refractivity (Wildman–Crippen MR) is 77.4 cm³/mol. The highest BCUT2D eigenvalue weighted by molar-refractivity contribution is 5.94. The molecule has 0 aromatic rings. The molecule has 4 N–H and O–H groups in total. The van der Waals surface area contributed by atoms with E-state index in [1.807, 2.05) is 6.08 Å². The molecule has 0 saturated carbocycles. The van der Waals surface area contributed by atoms with E-state index in [9.17, 15) is 9.59 Å². The smallest absolute Gasteiger partial charge is 0.283 e. The Morgan fingerprint density at radius 2 is 1.85 bits per heavy atom. The van der Waals surface area contributed by atoms with Crippen molar-refractivity contribution >= 4 is 11.8 Å². The zero-order valence-corrected chi connectivity index (χ0v) is 12.1. The first-order valence-electron chi connectivity index (χ1n) is 7.23. The SMILES string of the molecule is CCCCCCCCC=C1C=C(C(N)=O)OC1C(N)=O. The summed E-state index contributed by atoms with van der Waals surface area (Å²) >= 11 is 0. The van der Waals surface area contributed by atoms with Gasteiger partial charge in [-0.15, -0.1) is 0 Å². The van der Waals surface area contributed by atoms with Crippen molar-refractivity contribution in [2.45, 2.75) is 58.0 Å². The third-order valence-corrected chi connectivity index (χ3v) is 3.28. The van der Waals surface area contributed by atoms with Crippen molar-refractivity contribution in [1.82, 2.24) is 0 Å². The van der Waals surface area contributed by atoms with Crippen molar-refractivity contribution < 1.29 is 14.3 Å². The summed E-state index contributed by atoms with van der Waals surface area (Å²) in [4.78, 5) is 22.3. The molecule has 5 nitrogen and oxygen atoms in total. The molecule has 2 amide bonds. The van der Waals surface area contributed by atoms with Gasteiger partial charge in [-0.05, 0) is 18.9 Å². The fourth-order valence-corrected chi connectivity index (χ4v) is 2.17. The topological polar surface area (TPSA) is 95.4 Å². The number of rotatable bonds is 9. The molecule has 0 aliphatic carbocycles. The minimum Gasteiger partial charge on any atom is -0.470 e. The minimum atomic E-state index is -0.877. The Balaban J connectivity index is 2.43. The van der Waals surface area contributed by atoms with Crippen LogP contribution in [0.1, 0.15) is 51.9 Å². The Kier molecular flexibility index (Phi) is 6.84. The van der Waals surface area contributed by atoms with E-state index >= 15 is 0 Å². The zero-order chi connectivity index (χ0) is 15.0. The summed E-state index contributed by atoms with van der Waals surface area (Å²) in [7, 11) is 0. The second kappa shape index (κ2) is 8.40. The van der Waals surface area contributed by atoms with Crippen molar-refractivity contribution in [1.29, 1.82) is 0 Å². The van der Waals surface area contributed by atoms with Gasteiger partial charge < -0.3 is 16.2 Å². The van der Waals surface area contributed by atoms with Crippen LogP contribution in [0.4, 0.5) is 0 Å². The molecule has 5 heteroatoms. The minimum absolute atomic E-state index is 0.00277. The molecule has 0 radical (unpaired) electrons. The van der Waals surface area contributed by atoms with E-state index in [1.165, 1.54) is 31.8 Å². The molecule has 0 bridgehead atoms. The van der Waals surface area contributed by atoms with Crippen LogP contribution in [-0.2, 0) is 14.3 Å². The molecule has 1 unspecified atom stereocenters. The number of hydrogen-bond donors (Lipinski definition) is 2. The van der Waals surface area contributed by atoms with E-state index in [-0.39, 0.29) is 5.76 Å². The summed E-state index contributed by atoms with van der Waals surface area (Å²) < 4.78 is 5.15. The monoisotopic (exact) mass is 280 g/mol. The van der Waals surface area contributed by atoms with Gasteiger partial charge in [0.15, 0.2) is 5.76 Å². The third-order valence-electron chi connectivity index (χ3n) is 3.28. The van der Waals surface area contributed by atoms with E-state index in [2.05, 4.69) is 6.92 Å². The number of primary amides is 2. The van der Waals surface area contributed by atoms with Crippen LogP contribution in [0.5, 0.6) is 0 Å². The fraction of sp³-hybridized carbons (Fsp3) is 0.600. The molecule has 0 saturated heterocycles. The first-order chi connectivity index (χ1) is 9.56. The van der Waals surface area contributed by atoms with Crippen LogP contribution in [0.25, 0.3) is 0 Å². The van der Waals surface area contributed by atoms with Crippen LogP contribution in [0.3, 0.4) is 0 Å². The van der Waals surface area contributed by atoms with Gasteiger partial charge >= 0.3 is 0 Å². The van der Waals surface area contributed by atoms with Gasteiger partial charge in [-0.25, -0.2) is 0 Å². The number of carbonyl (C=O) groups excluding carboxylic acids is 2. The standard InChI is InChI=1S/C15H24N2O3/c1-2-3-4-5-6-7-8-9-11-10-12(14(16)18)20-13(11)15(17)19/h9-10,13H,2-8H2,1H3,(H2,16,18)(H2,17,19). The van der Waals surface area contributed by atoms with Crippen LogP contribution in [-0.4, -0.2) is 17.9 Å². The summed E-state index contributed by atoms with van der Waals surface area (Å²) in [5.41, 5.74) is 11.0. The first kappa shape index (κ1) is 16.3. The Hall–Kier alpha value is -1.78. The molecule has 0 fully saturated rings. The molecule has 1 aliphatic rings. The molecule has 1 aliphatic heterocycles. The molecule has 1 rings (SSSR count). The van der Waals surface area contributed by atoms with Gasteiger partial charge in [0.05, 0.1) is 0 Å². The molecule has 112 valence electrons. The van der Waals surface area contributed by atoms with Crippen LogP contribution >= 0.6 is 0 Å². The maximum absolute atomic E-state index is 11.3. The molecular weight excluding hydrogens is 256 g/mol. The molecule has 1 heterocycles. The molecule has 20 heavy (non-hydrogen) atoms. The first-order valence-corrected chi connectivity index (χ1v) is 7.23. The number of unbranched alkanes of at least 4 members (excludes halogenated alkanes) is 6. The Morgan fingerprint density at radius 3 is 2.45 bits per heavy atom. The number of allylic oxidation sites excluding steroid dienone is 1. The summed E-state index contributed by atoms with van der Waals surface area (Å²) in [6, 6.07) is 0. The van der Waals surface area contributed by atoms with Crippen molar-refractivity contribution in [3.8, 4) is 0 Å². The number of carbonyl (C=O) groups is 2. The molecule has 0 aromatic heterocycles. The highest BCUT2D eigenvalue weighted by atomic mass is 16.5. The van der Waals surface area contributed by atoms with Crippen molar-refractivity contribution in [3.05, 3.63) is 23.5 Å². The predicted octanol–water partition coefficient (Wildman–Crippen LogP) is 1.92. The normalized spacial score (nSPS) is 19.8. The number of amides is 2. The van der Waals surface area contributed by atoms with Gasteiger partial charge in [-0.2, -0.15) is 0 Å². The Labute approximate surface area is 120 Å². The van der Waals surface area contributed by atoms with Gasteiger partial charge in [0.1, 0.15) is 0 Å². The third kappa shape index (κ3) is 5.07. The maximum atomic E-state index is 11.3. The average molecular weight is 280 g/mol. The maximum Gasteiger partial charge on any atom is 0.283 e. The van der Waals surface area contributed by atoms with Crippen molar-refractivity contribution in [3.63, 3.8) is 0 Å². The molecule has 1 atom stereocenters. The molecule has 0 aromatic carbocycles. The van der Waals surface area contributed by atoms with Gasteiger partial charge in [0.25, 0.3) is 11.8 Å². The van der Waals surface area contributed by atoms with Crippen LogP contribution < -0.4 is 11.5 Å². The van der Waals surface area contributed by atoms with Crippen LogP contribution in [0.15, 0.2) is 23.5 Å². The van der Waals surface area contributed by atoms with Crippen molar-refractivity contribution in [2.75, 3.05) is 0 Å². The van der Waals surface area contributed by atoms with Crippen LogP contribution in [0, 0.1) is 0 Å². The number of ether oxygens (including phenoxy) is 1. The lowest BCUT2D eigenvalue weighted by molar-refractivity contribution is -0.126. The second-order valence-electron chi connectivity index (χ2n) is 5.03. The van der Waals surface area contributed by atoms with E-state index in [0.717, 1.165) is 19.3 Å². The quantitative estimate of drug-likeness (QED) is 0.631. The second-order valence-corrected chi connectivity index (χ2v) is 5.03. The summed E-state index contributed by atoms with van der Waals surface area (Å²) in [6.07, 6.45) is 10.6. The van der Waals surface area contributed by atoms with Crippen LogP contribution in [0.2, 0.25) is 0 Å². The summed E-state index contributed by atoms with van der Waals surface area (Å²) in [5.74, 6) is -1.28. The lowest BCUT2D eigenvalue weighted by Crippen LogP contribution is -2.30. The van der Waals surface area contributed by atoms with Gasteiger partial charge in [0, 0.05) is 5.57 Å². The van der Waals surface area contributed by atoms with E-state index in [1.54, 1.807) is 0 Å². The number of hydrogen-bond acceptors (Lipinski definition) is 3. The van der Waals surface area contributed by atoms with Crippen molar-refractivity contribution in [2.24, 2.45) is 11.5 Å². The lowest BCUT2D eigenvalue weighted by Gasteiger charge is -2.09. The Morgan fingerprint density at radius 1 is 1.20 bits per heavy atom. The van der Waals surface area contributed by atoms with E-state index in [0.29, 0.717) is 5.57 Å².